The predicted octanol–water partition coefficient (Wildman–Crippen LogP) is 4.12. The first-order valence-corrected chi connectivity index (χ1v) is 7.69. The van der Waals surface area contributed by atoms with Crippen LogP contribution in [-0.4, -0.2) is 17.6 Å². The van der Waals surface area contributed by atoms with Crippen LogP contribution in [0.5, 0.6) is 0 Å². The zero-order valence-corrected chi connectivity index (χ0v) is 14.3. The van der Waals surface area contributed by atoms with Crippen LogP contribution in [0, 0.1) is 0 Å². The summed E-state index contributed by atoms with van der Waals surface area (Å²) >= 11 is 0. The van der Waals surface area contributed by atoms with Gasteiger partial charge in [-0.1, -0.05) is 0 Å². The van der Waals surface area contributed by atoms with Crippen molar-refractivity contribution in [3.8, 4) is 0 Å². The van der Waals surface area contributed by atoms with E-state index in [1.165, 1.54) is 0 Å². The van der Waals surface area contributed by atoms with Crippen molar-refractivity contribution in [1.29, 1.82) is 0 Å². The van der Waals surface area contributed by atoms with Crippen molar-refractivity contribution in [3.63, 3.8) is 0 Å². The molecule has 128 valence electrons. The molecule has 0 spiro atoms. The lowest BCUT2D eigenvalue weighted by Crippen LogP contribution is -2.27. The average molecular weight is 330 g/mol. The number of amides is 2. The van der Waals surface area contributed by atoms with Crippen molar-refractivity contribution >= 4 is 17.7 Å². The Morgan fingerprint density at radius 1 is 1.12 bits per heavy atom. The SMILES string of the molecule is C[C@@H](NC(=O)c1ccc(NC(=O)OC(C)(C)C)cc1)c1ccco1. The molecule has 6 nitrogen and oxygen atoms in total. The third-order valence-electron chi connectivity index (χ3n) is 3.11. The second-order valence-corrected chi connectivity index (χ2v) is 6.41. The summed E-state index contributed by atoms with van der Waals surface area (Å²) < 4.78 is 10.4. The molecule has 0 aliphatic carbocycles. The third-order valence-corrected chi connectivity index (χ3v) is 3.11. The Hall–Kier alpha value is -2.76. The molecule has 0 bridgehead atoms. The normalized spacial score (nSPS) is 12.3. The first-order valence-electron chi connectivity index (χ1n) is 7.69. The lowest BCUT2D eigenvalue weighted by Gasteiger charge is -2.19. The van der Waals surface area contributed by atoms with Crippen LogP contribution in [0.3, 0.4) is 0 Å². The van der Waals surface area contributed by atoms with Gasteiger partial charge in [-0.15, -0.1) is 0 Å². The highest BCUT2D eigenvalue weighted by atomic mass is 16.6. The largest absolute Gasteiger partial charge is 0.467 e. The van der Waals surface area contributed by atoms with Gasteiger partial charge in [0.1, 0.15) is 11.4 Å². The van der Waals surface area contributed by atoms with Gasteiger partial charge < -0.3 is 14.5 Å². The van der Waals surface area contributed by atoms with E-state index in [0.717, 1.165) is 0 Å². The molecule has 1 atom stereocenters. The molecule has 0 unspecified atom stereocenters. The minimum Gasteiger partial charge on any atom is -0.467 e. The topological polar surface area (TPSA) is 80.6 Å². The molecular formula is C18H22N2O4. The van der Waals surface area contributed by atoms with E-state index in [1.54, 1.807) is 63.4 Å². The summed E-state index contributed by atoms with van der Waals surface area (Å²) in [4.78, 5) is 23.9. The van der Waals surface area contributed by atoms with Crippen LogP contribution in [0.25, 0.3) is 0 Å². The molecule has 0 radical (unpaired) electrons. The number of hydrogen-bond acceptors (Lipinski definition) is 4. The van der Waals surface area contributed by atoms with Gasteiger partial charge in [0, 0.05) is 11.3 Å². The number of carbonyl (C=O) groups is 2. The van der Waals surface area contributed by atoms with Gasteiger partial charge in [0.25, 0.3) is 5.91 Å². The molecule has 2 aromatic rings. The molecule has 0 aliphatic heterocycles. The van der Waals surface area contributed by atoms with Gasteiger partial charge in [-0.3, -0.25) is 10.1 Å². The molecule has 2 N–H and O–H groups in total. The van der Waals surface area contributed by atoms with E-state index in [1.807, 2.05) is 6.92 Å². The highest BCUT2D eigenvalue weighted by molar-refractivity contribution is 5.95. The van der Waals surface area contributed by atoms with E-state index in [2.05, 4.69) is 10.6 Å². The van der Waals surface area contributed by atoms with Crippen LogP contribution in [0.1, 0.15) is 49.9 Å². The molecule has 2 amide bonds. The molecule has 0 saturated heterocycles. The summed E-state index contributed by atoms with van der Waals surface area (Å²) in [6.45, 7) is 7.22. The number of carbonyl (C=O) groups excluding carboxylic acids is 2. The summed E-state index contributed by atoms with van der Waals surface area (Å²) in [6, 6.07) is 9.92. The van der Waals surface area contributed by atoms with Gasteiger partial charge in [0.05, 0.1) is 12.3 Å². The molecule has 1 aromatic carbocycles. The quantitative estimate of drug-likeness (QED) is 0.883. The number of rotatable bonds is 4. The number of benzene rings is 1. The average Bonchev–Trinajstić information content (AvgIpc) is 3.00. The van der Waals surface area contributed by atoms with Crippen LogP contribution >= 0.6 is 0 Å². The van der Waals surface area contributed by atoms with E-state index >= 15 is 0 Å². The minimum atomic E-state index is -0.564. The maximum atomic E-state index is 12.2. The summed E-state index contributed by atoms with van der Waals surface area (Å²) in [6.07, 6.45) is 1.03. The van der Waals surface area contributed by atoms with E-state index in [9.17, 15) is 9.59 Å². The van der Waals surface area contributed by atoms with Gasteiger partial charge in [-0.05, 0) is 64.1 Å². The second kappa shape index (κ2) is 7.21. The summed E-state index contributed by atoms with van der Waals surface area (Å²) in [5.41, 5.74) is 0.481. The van der Waals surface area contributed by atoms with Crippen LogP contribution in [0.2, 0.25) is 0 Å². The highest BCUT2D eigenvalue weighted by Crippen LogP contribution is 2.15. The fraction of sp³-hybridized carbons (Fsp3) is 0.333. The minimum absolute atomic E-state index is 0.220. The van der Waals surface area contributed by atoms with Crippen molar-refractivity contribution in [3.05, 3.63) is 54.0 Å². The highest BCUT2D eigenvalue weighted by Gasteiger charge is 2.17. The number of nitrogens with one attached hydrogen (secondary N) is 2. The second-order valence-electron chi connectivity index (χ2n) is 6.41. The molecule has 0 aliphatic rings. The molecule has 1 aromatic heterocycles. The van der Waals surface area contributed by atoms with Crippen molar-refractivity contribution in [2.45, 2.75) is 39.3 Å². The Bertz CT molecular complexity index is 685. The molecule has 6 heteroatoms. The number of ether oxygens (including phenoxy) is 1. The Morgan fingerprint density at radius 2 is 1.79 bits per heavy atom. The molecule has 0 fully saturated rings. The first-order chi connectivity index (χ1) is 11.2. The van der Waals surface area contributed by atoms with Gasteiger partial charge in [0.15, 0.2) is 0 Å². The van der Waals surface area contributed by atoms with Crippen LogP contribution < -0.4 is 10.6 Å². The van der Waals surface area contributed by atoms with Gasteiger partial charge in [-0.2, -0.15) is 0 Å². The van der Waals surface area contributed by atoms with Crippen molar-refractivity contribution in [2.24, 2.45) is 0 Å². The summed E-state index contributed by atoms with van der Waals surface area (Å²) in [5.74, 6) is 0.467. The lowest BCUT2D eigenvalue weighted by molar-refractivity contribution is 0.0635. The Labute approximate surface area is 141 Å². The van der Waals surface area contributed by atoms with Gasteiger partial charge >= 0.3 is 6.09 Å². The Balaban J connectivity index is 1.93. The zero-order chi connectivity index (χ0) is 17.7. The molecule has 24 heavy (non-hydrogen) atoms. The van der Waals surface area contributed by atoms with Gasteiger partial charge in [0.2, 0.25) is 0 Å². The van der Waals surface area contributed by atoms with Crippen molar-refractivity contribution in [1.82, 2.24) is 5.32 Å². The Morgan fingerprint density at radius 3 is 2.33 bits per heavy atom. The fourth-order valence-electron chi connectivity index (χ4n) is 2.02. The van der Waals surface area contributed by atoms with E-state index in [0.29, 0.717) is 17.0 Å². The molecule has 2 rings (SSSR count). The van der Waals surface area contributed by atoms with Crippen molar-refractivity contribution < 1.29 is 18.7 Å². The summed E-state index contributed by atoms with van der Waals surface area (Å²) in [5, 5.41) is 5.47. The number of anilines is 1. The predicted molar refractivity (Wildman–Crippen MR) is 90.9 cm³/mol. The lowest BCUT2D eigenvalue weighted by atomic mass is 10.1. The van der Waals surface area contributed by atoms with Crippen LogP contribution in [-0.2, 0) is 4.74 Å². The van der Waals surface area contributed by atoms with Crippen molar-refractivity contribution in [2.75, 3.05) is 5.32 Å². The van der Waals surface area contributed by atoms with Crippen LogP contribution in [0.15, 0.2) is 47.1 Å². The smallest absolute Gasteiger partial charge is 0.412 e. The molecule has 1 heterocycles. The maximum Gasteiger partial charge on any atom is 0.412 e. The molecule has 0 saturated carbocycles. The van der Waals surface area contributed by atoms with E-state index < -0.39 is 11.7 Å². The fourth-order valence-corrected chi connectivity index (χ4v) is 2.02. The molecular weight excluding hydrogens is 308 g/mol. The van der Waals surface area contributed by atoms with E-state index in [4.69, 9.17) is 9.15 Å². The third kappa shape index (κ3) is 5.15. The van der Waals surface area contributed by atoms with Gasteiger partial charge in [-0.25, -0.2) is 4.79 Å². The maximum absolute atomic E-state index is 12.2. The number of hydrogen-bond donors (Lipinski definition) is 2. The first kappa shape index (κ1) is 17.6. The standard InChI is InChI=1S/C18H22N2O4/c1-12(15-6-5-11-23-15)19-16(21)13-7-9-14(10-8-13)20-17(22)24-18(2,3)4/h5-12H,1-4H3,(H,19,21)(H,20,22)/t12-/m1/s1. The van der Waals surface area contributed by atoms with Crippen LogP contribution in [0.4, 0.5) is 10.5 Å². The monoisotopic (exact) mass is 330 g/mol. The summed E-state index contributed by atoms with van der Waals surface area (Å²) in [7, 11) is 0. The zero-order valence-electron chi connectivity index (χ0n) is 14.3. The number of furan rings is 1. The Kier molecular flexibility index (Phi) is 5.28. The van der Waals surface area contributed by atoms with E-state index in [-0.39, 0.29) is 11.9 Å².